The van der Waals surface area contributed by atoms with Crippen molar-refractivity contribution < 1.29 is 0 Å². The fourth-order valence-corrected chi connectivity index (χ4v) is 1.98. The molecule has 1 aromatic carbocycles. The van der Waals surface area contributed by atoms with E-state index in [-0.39, 0.29) is 16.9 Å². The maximum Gasteiger partial charge on any atom is 0.229 e. The van der Waals surface area contributed by atoms with Crippen molar-refractivity contribution >= 4 is 23.5 Å². The second-order valence-electron chi connectivity index (χ2n) is 5.90. The minimum Gasteiger partial charge on any atom is -0.349 e. The quantitative estimate of drug-likeness (QED) is 0.896. The van der Waals surface area contributed by atoms with Crippen molar-refractivity contribution in [3.8, 4) is 0 Å². The van der Waals surface area contributed by atoms with Gasteiger partial charge in [-0.15, -0.1) is 0 Å². The van der Waals surface area contributed by atoms with Gasteiger partial charge in [0.25, 0.3) is 0 Å². The Bertz CT molecular complexity index is 595. The van der Waals surface area contributed by atoms with Crippen molar-refractivity contribution in [3.63, 3.8) is 0 Å². The van der Waals surface area contributed by atoms with Crippen LogP contribution in [0, 0.1) is 0 Å². The van der Waals surface area contributed by atoms with E-state index in [4.69, 9.17) is 11.6 Å². The van der Waals surface area contributed by atoms with E-state index in [0.29, 0.717) is 11.9 Å². The third-order valence-corrected chi connectivity index (χ3v) is 2.91. The SMILES string of the molecule is C[C@H](Nc1nc(Cl)nc(NC(C)(C)C)n1)c1ccccc1. The summed E-state index contributed by atoms with van der Waals surface area (Å²) in [4.78, 5) is 12.6. The molecule has 0 saturated heterocycles. The van der Waals surface area contributed by atoms with Crippen LogP contribution in [-0.4, -0.2) is 20.5 Å². The highest BCUT2D eigenvalue weighted by Crippen LogP contribution is 2.19. The van der Waals surface area contributed by atoms with E-state index in [1.54, 1.807) is 0 Å². The maximum absolute atomic E-state index is 5.97. The third kappa shape index (κ3) is 4.86. The van der Waals surface area contributed by atoms with Crippen LogP contribution in [0.5, 0.6) is 0 Å². The van der Waals surface area contributed by atoms with E-state index in [2.05, 4.69) is 37.7 Å². The smallest absolute Gasteiger partial charge is 0.229 e. The molecule has 0 bridgehead atoms. The molecule has 0 spiro atoms. The van der Waals surface area contributed by atoms with Gasteiger partial charge in [0.15, 0.2) is 0 Å². The molecule has 5 nitrogen and oxygen atoms in total. The first-order valence-corrected chi connectivity index (χ1v) is 7.22. The third-order valence-electron chi connectivity index (χ3n) is 2.74. The molecule has 0 fully saturated rings. The van der Waals surface area contributed by atoms with Crippen LogP contribution in [0.4, 0.5) is 11.9 Å². The van der Waals surface area contributed by atoms with Crippen molar-refractivity contribution in [2.45, 2.75) is 39.3 Å². The topological polar surface area (TPSA) is 62.7 Å². The highest BCUT2D eigenvalue weighted by atomic mass is 35.5. The van der Waals surface area contributed by atoms with Crippen LogP contribution in [0.1, 0.15) is 39.3 Å². The van der Waals surface area contributed by atoms with Gasteiger partial charge < -0.3 is 10.6 Å². The Morgan fingerprint density at radius 2 is 1.62 bits per heavy atom. The lowest BCUT2D eigenvalue weighted by molar-refractivity contribution is 0.625. The maximum atomic E-state index is 5.97. The van der Waals surface area contributed by atoms with Crippen LogP contribution in [0.3, 0.4) is 0 Å². The Morgan fingerprint density at radius 3 is 2.24 bits per heavy atom. The summed E-state index contributed by atoms with van der Waals surface area (Å²) in [5, 5.41) is 6.59. The van der Waals surface area contributed by atoms with Crippen molar-refractivity contribution in [2.75, 3.05) is 10.6 Å². The molecule has 0 aliphatic heterocycles. The molecular weight excluding hydrogens is 286 g/mol. The normalized spacial score (nSPS) is 12.8. The van der Waals surface area contributed by atoms with E-state index in [1.165, 1.54) is 0 Å². The van der Waals surface area contributed by atoms with Gasteiger partial charge in [0.05, 0.1) is 6.04 Å². The van der Waals surface area contributed by atoms with Gasteiger partial charge >= 0.3 is 0 Å². The van der Waals surface area contributed by atoms with Crippen LogP contribution < -0.4 is 10.6 Å². The Balaban J connectivity index is 2.16. The minimum atomic E-state index is -0.146. The molecular formula is C15H20ClN5. The highest BCUT2D eigenvalue weighted by Gasteiger charge is 2.14. The van der Waals surface area contributed by atoms with Crippen molar-refractivity contribution in [1.29, 1.82) is 0 Å². The summed E-state index contributed by atoms with van der Waals surface area (Å²) in [6.45, 7) is 8.14. The van der Waals surface area contributed by atoms with Gasteiger partial charge in [-0.3, -0.25) is 0 Å². The summed E-state index contributed by atoms with van der Waals surface area (Å²) in [6.07, 6.45) is 0. The molecule has 2 rings (SSSR count). The largest absolute Gasteiger partial charge is 0.349 e. The highest BCUT2D eigenvalue weighted by molar-refractivity contribution is 6.28. The number of rotatable bonds is 4. The fraction of sp³-hybridized carbons (Fsp3) is 0.400. The first kappa shape index (κ1) is 15.5. The molecule has 1 atom stereocenters. The monoisotopic (exact) mass is 305 g/mol. The summed E-state index contributed by atoms with van der Waals surface area (Å²) < 4.78 is 0. The van der Waals surface area contributed by atoms with Gasteiger partial charge in [-0.1, -0.05) is 30.3 Å². The molecule has 0 unspecified atom stereocenters. The second-order valence-corrected chi connectivity index (χ2v) is 6.24. The standard InChI is InChI=1S/C15H20ClN5/c1-10(11-8-6-5-7-9-11)17-13-18-12(16)19-14(20-13)21-15(2,3)4/h5-10H,1-4H3,(H2,17,18,19,20,21)/t10-/m0/s1. The summed E-state index contributed by atoms with van der Waals surface area (Å²) >= 11 is 5.97. The van der Waals surface area contributed by atoms with Crippen molar-refractivity contribution in [1.82, 2.24) is 15.0 Å². The molecule has 0 amide bonds. The lowest BCUT2D eigenvalue weighted by atomic mass is 10.1. The summed E-state index contributed by atoms with van der Waals surface area (Å²) in [6, 6.07) is 10.2. The van der Waals surface area contributed by atoms with Crippen LogP contribution >= 0.6 is 11.6 Å². The number of anilines is 2. The molecule has 2 N–H and O–H groups in total. The van der Waals surface area contributed by atoms with Gasteiger partial charge in [0, 0.05) is 5.54 Å². The number of nitrogens with zero attached hydrogens (tertiary/aromatic N) is 3. The number of nitrogens with one attached hydrogen (secondary N) is 2. The second kappa shape index (κ2) is 6.26. The van der Waals surface area contributed by atoms with Crippen LogP contribution in [0.15, 0.2) is 30.3 Å². The Morgan fingerprint density at radius 1 is 1.00 bits per heavy atom. The molecule has 2 aromatic rings. The van der Waals surface area contributed by atoms with Gasteiger partial charge in [0.2, 0.25) is 17.2 Å². The van der Waals surface area contributed by atoms with Crippen molar-refractivity contribution in [2.24, 2.45) is 0 Å². The molecule has 0 radical (unpaired) electrons. The molecule has 0 aliphatic rings. The molecule has 0 aliphatic carbocycles. The predicted octanol–water partition coefficient (Wildman–Crippen LogP) is 3.91. The van der Waals surface area contributed by atoms with E-state index in [1.807, 2.05) is 45.9 Å². The number of benzene rings is 1. The van der Waals surface area contributed by atoms with Gasteiger partial charge in [0.1, 0.15) is 0 Å². The minimum absolute atomic E-state index is 0.0761. The van der Waals surface area contributed by atoms with Crippen LogP contribution in [0.2, 0.25) is 5.28 Å². The van der Waals surface area contributed by atoms with E-state index in [0.717, 1.165) is 5.56 Å². The molecule has 21 heavy (non-hydrogen) atoms. The van der Waals surface area contributed by atoms with E-state index < -0.39 is 0 Å². The number of hydrogen-bond donors (Lipinski definition) is 2. The van der Waals surface area contributed by atoms with Gasteiger partial charge in [-0.2, -0.15) is 15.0 Å². The van der Waals surface area contributed by atoms with E-state index in [9.17, 15) is 0 Å². The zero-order chi connectivity index (χ0) is 15.5. The average molecular weight is 306 g/mol. The fourth-order valence-electron chi connectivity index (χ4n) is 1.82. The molecule has 6 heteroatoms. The first-order valence-electron chi connectivity index (χ1n) is 6.85. The lowest BCUT2D eigenvalue weighted by Gasteiger charge is -2.21. The average Bonchev–Trinajstić information content (AvgIpc) is 2.36. The molecule has 1 heterocycles. The molecule has 0 saturated carbocycles. The number of aromatic nitrogens is 3. The van der Waals surface area contributed by atoms with Crippen LogP contribution in [-0.2, 0) is 0 Å². The lowest BCUT2D eigenvalue weighted by Crippen LogP contribution is -2.27. The zero-order valence-corrected chi connectivity index (χ0v) is 13.4. The molecule has 112 valence electrons. The summed E-state index contributed by atoms with van der Waals surface area (Å²) in [5.74, 6) is 0.920. The Hall–Kier alpha value is -1.88. The summed E-state index contributed by atoms with van der Waals surface area (Å²) in [5.41, 5.74) is 1.01. The van der Waals surface area contributed by atoms with Crippen molar-refractivity contribution in [3.05, 3.63) is 41.2 Å². The molecule has 1 aromatic heterocycles. The summed E-state index contributed by atoms with van der Waals surface area (Å²) in [7, 11) is 0. The van der Waals surface area contributed by atoms with Crippen LogP contribution in [0.25, 0.3) is 0 Å². The Kier molecular flexibility index (Phi) is 4.63. The Labute approximate surface area is 130 Å². The van der Waals surface area contributed by atoms with Gasteiger partial charge in [-0.05, 0) is 44.9 Å². The number of halogens is 1. The van der Waals surface area contributed by atoms with E-state index >= 15 is 0 Å². The van der Waals surface area contributed by atoms with Gasteiger partial charge in [-0.25, -0.2) is 0 Å². The predicted molar refractivity (Wildman–Crippen MR) is 86.7 cm³/mol. The number of hydrogen-bond acceptors (Lipinski definition) is 5. The zero-order valence-electron chi connectivity index (χ0n) is 12.7. The first-order chi connectivity index (χ1) is 9.83.